The van der Waals surface area contributed by atoms with Gasteiger partial charge in [-0.2, -0.15) is 4.37 Å². The van der Waals surface area contributed by atoms with Gasteiger partial charge < -0.3 is 10.6 Å². The van der Waals surface area contributed by atoms with Crippen molar-refractivity contribution in [2.24, 2.45) is 5.92 Å². The van der Waals surface area contributed by atoms with Crippen molar-refractivity contribution >= 4 is 39.3 Å². The summed E-state index contributed by atoms with van der Waals surface area (Å²) in [5.41, 5.74) is 0.281. The Bertz CT molecular complexity index is 985. The molecule has 2 N–H and O–H groups in total. The van der Waals surface area contributed by atoms with Gasteiger partial charge in [-0.15, -0.1) is 0 Å². The molecule has 150 valence electrons. The lowest BCUT2D eigenvalue weighted by molar-refractivity contribution is -0.133. The van der Waals surface area contributed by atoms with Gasteiger partial charge in [0.15, 0.2) is 0 Å². The van der Waals surface area contributed by atoms with Gasteiger partial charge in [0.1, 0.15) is 11.5 Å². The van der Waals surface area contributed by atoms with Crippen LogP contribution in [0.5, 0.6) is 0 Å². The molecule has 3 heterocycles. The number of hydrogen-bond donors (Lipinski definition) is 2. The summed E-state index contributed by atoms with van der Waals surface area (Å²) in [4.78, 5) is 31.6. The van der Waals surface area contributed by atoms with E-state index in [1.54, 1.807) is 24.4 Å². The van der Waals surface area contributed by atoms with Gasteiger partial charge in [0.25, 0.3) is 5.91 Å². The molecule has 8 heteroatoms. The first kappa shape index (κ1) is 19.5. The normalized spacial score (nSPS) is 16.5. The zero-order valence-corrected chi connectivity index (χ0v) is 16.8. The number of benzene rings is 1. The SMILES string of the molecule is O=C(c1ccccn1)N(CCNc1nsc2ccccc12)C(=O)C1CCCNC1. The topological polar surface area (TPSA) is 87.2 Å². The molecular weight excluding hydrogens is 386 g/mol. The number of carbonyl (C=O) groups is 2. The van der Waals surface area contributed by atoms with Crippen molar-refractivity contribution in [1.29, 1.82) is 0 Å². The molecular formula is C21H23N5O2S. The van der Waals surface area contributed by atoms with Crippen molar-refractivity contribution in [3.8, 4) is 0 Å². The Morgan fingerprint density at radius 1 is 1.21 bits per heavy atom. The maximum atomic E-state index is 13.1. The second kappa shape index (κ2) is 9.11. The number of imide groups is 1. The first-order valence-corrected chi connectivity index (χ1v) is 10.6. The lowest BCUT2D eigenvalue weighted by Crippen LogP contribution is -2.47. The monoisotopic (exact) mass is 409 g/mol. The second-order valence-corrected chi connectivity index (χ2v) is 7.81. The first-order chi connectivity index (χ1) is 14.2. The smallest absolute Gasteiger partial charge is 0.279 e. The number of pyridine rings is 1. The zero-order valence-electron chi connectivity index (χ0n) is 16.0. The van der Waals surface area contributed by atoms with Crippen LogP contribution in [0.15, 0.2) is 48.7 Å². The van der Waals surface area contributed by atoms with E-state index >= 15 is 0 Å². The van der Waals surface area contributed by atoms with E-state index in [2.05, 4.69) is 20.0 Å². The van der Waals surface area contributed by atoms with Crippen molar-refractivity contribution in [2.45, 2.75) is 12.8 Å². The number of hydrogen-bond acceptors (Lipinski definition) is 7. The molecule has 0 aliphatic carbocycles. The molecule has 3 aromatic rings. The third kappa shape index (κ3) is 4.44. The highest BCUT2D eigenvalue weighted by atomic mass is 32.1. The molecule has 1 aliphatic rings. The van der Waals surface area contributed by atoms with E-state index in [0.29, 0.717) is 13.1 Å². The number of fused-ring (bicyclic) bond motifs is 1. The number of nitrogens with zero attached hydrogens (tertiary/aromatic N) is 3. The van der Waals surface area contributed by atoms with Crippen molar-refractivity contribution in [3.05, 3.63) is 54.4 Å². The molecule has 0 radical (unpaired) electrons. The molecule has 1 aliphatic heterocycles. The molecule has 1 saturated heterocycles. The molecule has 2 amide bonds. The highest BCUT2D eigenvalue weighted by Crippen LogP contribution is 2.26. The molecule has 0 spiro atoms. The molecule has 7 nitrogen and oxygen atoms in total. The van der Waals surface area contributed by atoms with E-state index in [1.165, 1.54) is 16.4 Å². The minimum absolute atomic E-state index is 0.141. The maximum Gasteiger partial charge on any atom is 0.279 e. The number of rotatable bonds is 6. The fourth-order valence-electron chi connectivity index (χ4n) is 3.52. The van der Waals surface area contributed by atoms with Crippen molar-refractivity contribution in [3.63, 3.8) is 0 Å². The predicted octanol–water partition coefficient (Wildman–Crippen LogP) is 2.77. The fourth-order valence-corrected chi connectivity index (χ4v) is 4.28. The van der Waals surface area contributed by atoms with Gasteiger partial charge in [-0.05, 0) is 55.2 Å². The summed E-state index contributed by atoms with van der Waals surface area (Å²) < 4.78 is 5.55. The Hall–Kier alpha value is -2.84. The van der Waals surface area contributed by atoms with Crippen LogP contribution in [0.2, 0.25) is 0 Å². The second-order valence-electron chi connectivity index (χ2n) is 7.01. The van der Waals surface area contributed by atoms with Crippen LogP contribution in [-0.4, -0.2) is 52.3 Å². The summed E-state index contributed by atoms with van der Waals surface area (Å²) in [6, 6.07) is 13.1. The van der Waals surface area contributed by atoms with E-state index in [0.717, 1.165) is 35.3 Å². The Balaban J connectivity index is 1.48. The largest absolute Gasteiger partial charge is 0.367 e. The van der Waals surface area contributed by atoms with Gasteiger partial charge in [0, 0.05) is 31.2 Å². The van der Waals surface area contributed by atoms with Gasteiger partial charge in [0.05, 0.1) is 10.6 Å². The molecule has 0 saturated carbocycles. The minimum atomic E-state index is -0.355. The van der Waals surface area contributed by atoms with Crippen LogP contribution in [-0.2, 0) is 4.79 Å². The summed E-state index contributed by atoms with van der Waals surface area (Å²) in [6.45, 7) is 2.21. The number of aromatic nitrogens is 2. The van der Waals surface area contributed by atoms with Crippen molar-refractivity contribution in [1.82, 2.24) is 19.6 Å². The van der Waals surface area contributed by atoms with Gasteiger partial charge >= 0.3 is 0 Å². The predicted molar refractivity (Wildman–Crippen MR) is 114 cm³/mol. The molecule has 1 fully saturated rings. The summed E-state index contributed by atoms with van der Waals surface area (Å²) in [7, 11) is 0. The summed E-state index contributed by atoms with van der Waals surface area (Å²) >= 11 is 1.43. The Morgan fingerprint density at radius 2 is 2.07 bits per heavy atom. The molecule has 4 rings (SSSR count). The number of carbonyl (C=O) groups excluding carboxylic acids is 2. The third-order valence-electron chi connectivity index (χ3n) is 5.05. The molecule has 1 aromatic carbocycles. The average molecular weight is 410 g/mol. The van der Waals surface area contributed by atoms with E-state index in [9.17, 15) is 9.59 Å². The molecule has 1 unspecified atom stereocenters. The number of amides is 2. The van der Waals surface area contributed by atoms with Crippen molar-refractivity contribution < 1.29 is 9.59 Å². The summed E-state index contributed by atoms with van der Waals surface area (Å²) in [5.74, 6) is 0.100. The van der Waals surface area contributed by atoms with Gasteiger partial charge in [-0.3, -0.25) is 19.5 Å². The zero-order chi connectivity index (χ0) is 20.1. The number of piperidine rings is 1. The van der Waals surface area contributed by atoms with Crippen LogP contribution in [0.1, 0.15) is 23.3 Å². The average Bonchev–Trinajstić information content (AvgIpc) is 3.20. The van der Waals surface area contributed by atoms with Crippen molar-refractivity contribution in [2.75, 3.05) is 31.5 Å². The Kier molecular flexibility index (Phi) is 6.12. The maximum absolute atomic E-state index is 13.1. The fraction of sp³-hybridized carbons (Fsp3) is 0.333. The third-order valence-corrected chi connectivity index (χ3v) is 5.87. The van der Waals surface area contributed by atoms with Crippen LogP contribution in [0.3, 0.4) is 0 Å². The minimum Gasteiger partial charge on any atom is -0.367 e. The van der Waals surface area contributed by atoms with Crippen LogP contribution >= 0.6 is 11.5 Å². The molecule has 2 aromatic heterocycles. The Morgan fingerprint density at radius 3 is 2.86 bits per heavy atom. The lowest BCUT2D eigenvalue weighted by Gasteiger charge is -2.28. The number of anilines is 1. The van der Waals surface area contributed by atoms with E-state index < -0.39 is 0 Å². The summed E-state index contributed by atoms with van der Waals surface area (Å²) in [5, 5.41) is 7.57. The standard InChI is InChI=1S/C21H23N5O2S/c27-20(15-6-5-10-22-14-15)26(21(28)17-8-3-4-11-23-17)13-12-24-19-16-7-1-2-9-18(16)29-25-19/h1-4,7-9,11,15,22H,5-6,10,12-14H2,(H,24,25). The van der Waals surface area contributed by atoms with Crippen LogP contribution < -0.4 is 10.6 Å². The van der Waals surface area contributed by atoms with E-state index in [1.807, 2.05) is 24.3 Å². The highest BCUT2D eigenvalue weighted by molar-refractivity contribution is 7.13. The lowest BCUT2D eigenvalue weighted by atomic mass is 9.98. The first-order valence-electron chi connectivity index (χ1n) is 9.80. The van der Waals surface area contributed by atoms with Gasteiger partial charge in [-0.1, -0.05) is 18.2 Å². The quantitative estimate of drug-likeness (QED) is 0.609. The van der Waals surface area contributed by atoms with Crippen LogP contribution in [0, 0.1) is 5.92 Å². The van der Waals surface area contributed by atoms with Crippen LogP contribution in [0.25, 0.3) is 10.1 Å². The molecule has 1 atom stereocenters. The van der Waals surface area contributed by atoms with E-state index in [4.69, 9.17) is 0 Å². The highest BCUT2D eigenvalue weighted by Gasteiger charge is 2.30. The molecule has 0 bridgehead atoms. The van der Waals surface area contributed by atoms with Gasteiger partial charge in [0.2, 0.25) is 5.91 Å². The number of nitrogens with one attached hydrogen (secondary N) is 2. The summed E-state index contributed by atoms with van der Waals surface area (Å²) in [6.07, 6.45) is 3.30. The van der Waals surface area contributed by atoms with E-state index in [-0.39, 0.29) is 30.0 Å². The van der Waals surface area contributed by atoms with Crippen LogP contribution in [0.4, 0.5) is 5.82 Å². The van der Waals surface area contributed by atoms with Gasteiger partial charge in [-0.25, -0.2) is 0 Å². The molecule has 29 heavy (non-hydrogen) atoms. The Labute approximate surface area is 173 Å².